The maximum atomic E-state index is 12.6. The minimum absolute atomic E-state index is 0.140. The van der Waals surface area contributed by atoms with Crippen LogP contribution in [0.1, 0.15) is 26.2 Å². The van der Waals surface area contributed by atoms with Crippen LogP contribution in [0.4, 0.5) is 0 Å². The Morgan fingerprint density at radius 3 is 2.71 bits per heavy atom. The largest absolute Gasteiger partial charge is 0.333 e. The third kappa shape index (κ3) is 3.06. The molecule has 0 bridgehead atoms. The van der Waals surface area contributed by atoms with Crippen LogP contribution in [0.15, 0.2) is 0 Å². The zero-order chi connectivity index (χ0) is 14.8. The molecule has 3 aliphatic heterocycles. The first kappa shape index (κ1) is 14.8. The van der Waals surface area contributed by atoms with E-state index in [1.807, 2.05) is 4.90 Å². The van der Waals surface area contributed by atoms with Gasteiger partial charge in [-0.25, -0.2) is 0 Å². The van der Waals surface area contributed by atoms with Crippen LogP contribution < -0.4 is 5.32 Å². The van der Waals surface area contributed by atoms with Crippen molar-refractivity contribution in [1.29, 1.82) is 0 Å². The monoisotopic (exact) mass is 294 g/mol. The van der Waals surface area contributed by atoms with Gasteiger partial charge in [-0.2, -0.15) is 0 Å². The number of carbonyl (C=O) groups is 2. The first-order valence-corrected chi connectivity index (χ1v) is 8.21. The van der Waals surface area contributed by atoms with E-state index in [9.17, 15) is 9.59 Å². The average Bonchev–Trinajstić information content (AvgIpc) is 2.76. The number of fused-ring (bicyclic) bond motifs is 1. The summed E-state index contributed by atoms with van der Waals surface area (Å²) in [5.41, 5.74) is 0. The van der Waals surface area contributed by atoms with Crippen molar-refractivity contribution in [2.24, 2.45) is 0 Å². The Kier molecular flexibility index (Phi) is 4.45. The van der Waals surface area contributed by atoms with E-state index in [-0.39, 0.29) is 17.9 Å². The van der Waals surface area contributed by atoms with Gasteiger partial charge in [-0.3, -0.25) is 14.5 Å². The summed E-state index contributed by atoms with van der Waals surface area (Å²) >= 11 is 0. The van der Waals surface area contributed by atoms with Crippen LogP contribution >= 0.6 is 0 Å². The van der Waals surface area contributed by atoms with E-state index in [1.54, 1.807) is 4.90 Å². The van der Waals surface area contributed by atoms with Crippen molar-refractivity contribution in [3.05, 3.63) is 0 Å². The van der Waals surface area contributed by atoms with E-state index < -0.39 is 0 Å². The number of nitrogens with one attached hydrogen (secondary N) is 1. The molecule has 21 heavy (non-hydrogen) atoms. The molecule has 0 radical (unpaired) electrons. The molecule has 118 valence electrons. The van der Waals surface area contributed by atoms with Crippen molar-refractivity contribution in [1.82, 2.24) is 20.0 Å². The van der Waals surface area contributed by atoms with Crippen molar-refractivity contribution < 1.29 is 9.59 Å². The van der Waals surface area contributed by atoms with Crippen LogP contribution in [0, 0.1) is 0 Å². The Hall–Kier alpha value is -1.14. The highest BCUT2D eigenvalue weighted by molar-refractivity contribution is 6.35. The predicted molar refractivity (Wildman–Crippen MR) is 79.8 cm³/mol. The van der Waals surface area contributed by atoms with Crippen LogP contribution in [0.5, 0.6) is 0 Å². The zero-order valence-electron chi connectivity index (χ0n) is 12.9. The van der Waals surface area contributed by atoms with Crippen LogP contribution in [-0.4, -0.2) is 84.4 Å². The van der Waals surface area contributed by atoms with E-state index in [2.05, 4.69) is 17.1 Å². The van der Waals surface area contributed by atoms with Gasteiger partial charge in [-0.05, 0) is 39.3 Å². The summed E-state index contributed by atoms with van der Waals surface area (Å²) in [6, 6.07) is 0.602. The summed E-state index contributed by atoms with van der Waals surface area (Å²) in [7, 11) is 0. The highest BCUT2D eigenvalue weighted by atomic mass is 16.2. The second-order valence-electron chi connectivity index (χ2n) is 6.49. The Morgan fingerprint density at radius 1 is 1.00 bits per heavy atom. The molecule has 2 amide bonds. The summed E-state index contributed by atoms with van der Waals surface area (Å²) in [5.74, 6) is -0.604. The molecular weight excluding hydrogens is 268 g/mol. The smallest absolute Gasteiger partial charge is 0.312 e. The topological polar surface area (TPSA) is 55.9 Å². The third-order valence-corrected chi connectivity index (χ3v) is 5.01. The Labute approximate surface area is 126 Å². The van der Waals surface area contributed by atoms with Gasteiger partial charge in [0.05, 0.1) is 0 Å². The number of nitrogens with zero attached hydrogens (tertiary/aromatic N) is 3. The van der Waals surface area contributed by atoms with Gasteiger partial charge in [-0.15, -0.1) is 0 Å². The molecule has 3 heterocycles. The van der Waals surface area contributed by atoms with Gasteiger partial charge in [0.15, 0.2) is 0 Å². The molecule has 0 aromatic heterocycles. The molecule has 0 aliphatic carbocycles. The second kappa shape index (κ2) is 6.32. The quantitative estimate of drug-likeness (QED) is 0.612. The number of carbonyl (C=O) groups excluding carboxylic acids is 2. The number of hydrogen-bond donors (Lipinski definition) is 1. The van der Waals surface area contributed by atoms with E-state index in [0.717, 1.165) is 45.6 Å². The van der Waals surface area contributed by atoms with Crippen molar-refractivity contribution in [3.8, 4) is 0 Å². The van der Waals surface area contributed by atoms with Gasteiger partial charge >= 0.3 is 11.8 Å². The lowest BCUT2D eigenvalue weighted by Crippen LogP contribution is -2.59. The third-order valence-electron chi connectivity index (χ3n) is 5.01. The molecule has 2 atom stereocenters. The van der Waals surface area contributed by atoms with Gasteiger partial charge in [0.25, 0.3) is 0 Å². The minimum atomic E-state index is -0.308. The van der Waals surface area contributed by atoms with E-state index in [4.69, 9.17) is 0 Å². The molecular formula is C15H26N4O2. The summed E-state index contributed by atoms with van der Waals surface area (Å²) in [4.78, 5) is 31.1. The minimum Gasteiger partial charge on any atom is -0.333 e. The highest BCUT2D eigenvalue weighted by Crippen LogP contribution is 2.24. The Morgan fingerprint density at radius 2 is 1.86 bits per heavy atom. The second-order valence-corrected chi connectivity index (χ2v) is 6.49. The maximum absolute atomic E-state index is 12.6. The Balaban J connectivity index is 1.64. The lowest BCUT2D eigenvalue weighted by atomic mass is 10.1. The number of rotatable bonds is 0. The lowest BCUT2D eigenvalue weighted by Gasteiger charge is -2.42. The van der Waals surface area contributed by atoms with Crippen LogP contribution in [-0.2, 0) is 9.59 Å². The molecule has 6 nitrogen and oxygen atoms in total. The van der Waals surface area contributed by atoms with E-state index >= 15 is 0 Å². The summed E-state index contributed by atoms with van der Waals surface area (Å²) in [6.07, 6.45) is 3.29. The van der Waals surface area contributed by atoms with Gasteiger partial charge in [-0.1, -0.05) is 0 Å². The Bertz CT molecular complexity index is 406. The number of amides is 2. The molecule has 3 aliphatic rings. The molecule has 0 spiro atoms. The standard InChI is InChI=1S/C15H26N4O2/c1-12-10-18-7-2-4-13(18)11-19(12)15(21)14(20)17-8-3-5-16-6-9-17/h12-13,16H,2-11H2,1H3. The van der Waals surface area contributed by atoms with Gasteiger partial charge in [0.1, 0.15) is 0 Å². The molecule has 0 saturated carbocycles. The fourth-order valence-corrected chi connectivity index (χ4v) is 3.78. The number of hydrogen-bond acceptors (Lipinski definition) is 4. The predicted octanol–water partition coefficient (Wildman–Crippen LogP) is -0.497. The maximum Gasteiger partial charge on any atom is 0.312 e. The van der Waals surface area contributed by atoms with Crippen molar-refractivity contribution in [2.45, 2.75) is 38.3 Å². The first-order chi connectivity index (χ1) is 10.2. The van der Waals surface area contributed by atoms with Crippen LogP contribution in [0.3, 0.4) is 0 Å². The zero-order valence-corrected chi connectivity index (χ0v) is 12.9. The van der Waals surface area contributed by atoms with E-state index in [1.165, 1.54) is 6.42 Å². The summed E-state index contributed by atoms with van der Waals surface area (Å²) < 4.78 is 0. The molecule has 3 fully saturated rings. The fourth-order valence-electron chi connectivity index (χ4n) is 3.78. The molecule has 0 aromatic carbocycles. The van der Waals surface area contributed by atoms with E-state index in [0.29, 0.717) is 19.1 Å². The number of piperazine rings is 1. The molecule has 3 saturated heterocycles. The molecule has 0 aromatic rings. The average molecular weight is 294 g/mol. The molecule has 2 unspecified atom stereocenters. The SMILES string of the molecule is CC1CN2CCCC2CN1C(=O)C(=O)N1CCCNCC1. The van der Waals surface area contributed by atoms with Crippen molar-refractivity contribution in [2.75, 3.05) is 45.8 Å². The highest BCUT2D eigenvalue weighted by Gasteiger charge is 2.39. The van der Waals surface area contributed by atoms with Crippen molar-refractivity contribution in [3.63, 3.8) is 0 Å². The summed E-state index contributed by atoms with van der Waals surface area (Å²) in [5, 5.41) is 3.26. The van der Waals surface area contributed by atoms with Crippen LogP contribution in [0.2, 0.25) is 0 Å². The molecule has 6 heteroatoms. The van der Waals surface area contributed by atoms with Gasteiger partial charge in [0.2, 0.25) is 0 Å². The molecule has 3 rings (SSSR count). The van der Waals surface area contributed by atoms with Gasteiger partial charge in [0, 0.05) is 44.8 Å². The lowest BCUT2D eigenvalue weighted by molar-refractivity contribution is -0.155. The normalized spacial score (nSPS) is 30.9. The summed E-state index contributed by atoms with van der Waals surface area (Å²) in [6.45, 7) is 7.87. The first-order valence-electron chi connectivity index (χ1n) is 8.21. The van der Waals surface area contributed by atoms with Gasteiger partial charge < -0.3 is 15.1 Å². The fraction of sp³-hybridized carbons (Fsp3) is 0.867. The van der Waals surface area contributed by atoms with Crippen molar-refractivity contribution >= 4 is 11.8 Å². The van der Waals surface area contributed by atoms with Crippen LogP contribution in [0.25, 0.3) is 0 Å². The molecule has 1 N–H and O–H groups in total.